The van der Waals surface area contributed by atoms with Crippen molar-refractivity contribution in [2.75, 3.05) is 6.54 Å². The Bertz CT molecular complexity index is 225. The molecule has 0 spiro atoms. The van der Waals surface area contributed by atoms with Gasteiger partial charge in [0, 0.05) is 17.1 Å². The van der Waals surface area contributed by atoms with Gasteiger partial charge in [-0.25, -0.2) is 0 Å². The number of nitrogens with zero attached hydrogens (tertiary/aromatic N) is 1. The molecule has 1 aliphatic rings. The highest BCUT2D eigenvalue weighted by Gasteiger charge is 2.43. The van der Waals surface area contributed by atoms with E-state index in [1.165, 1.54) is 19.4 Å². The van der Waals surface area contributed by atoms with Crippen LogP contribution in [-0.4, -0.2) is 28.6 Å². The number of nitrogens with two attached hydrogens (primary N) is 1. The van der Waals surface area contributed by atoms with Crippen LogP contribution in [0, 0.1) is 5.92 Å². The zero-order valence-electron chi connectivity index (χ0n) is 12.7. The summed E-state index contributed by atoms with van der Waals surface area (Å²) in [6, 6.07) is 0.362. The molecule has 0 aliphatic carbocycles. The van der Waals surface area contributed by atoms with Crippen molar-refractivity contribution in [1.29, 1.82) is 0 Å². The molecular formula is C15H32N2. The van der Waals surface area contributed by atoms with Crippen molar-refractivity contribution in [2.24, 2.45) is 11.7 Å². The van der Waals surface area contributed by atoms with Gasteiger partial charge in [0.05, 0.1) is 0 Å². The van der Waals surface area contributed by atoms with Crippen LogP contribution in [0.2, 0.25) is 0 Å². The number of hydrogen-bond donors (Lipinski definition) is 1. The molecule has 2 nitrogen and oxygen atoms in total. The summed E-state index contributed by atoms with van der Waals surface area (Å²) in [5.74, 6) is 0.813. The van der Waals surface area contributed by atoms with Crippen molar-refractivity contribution in [1.82, 2.24) is 4.90 Å². The van der Waals surface area contributed by atoms with Gasteiger partial charge in [0.2, 0.25) is 0 Å². The van der Waals surface area contributed by atoms with Crippen LogP contribution in [0.5, 0.6) is 0 Å². The lowest BCUT2D eigenvalue weighted by atomic mass is 9.77. The lowest BCUT2D eigenvalue weighted by Crippen LogP contribution is -2.63. The fourth-order valence-electron chi connectivity index (χ4n) is 3.66. The maximum atomic E-state index is 6.20. The predicted molar refractivity (Wildman–Crippen MR) is 76.1 cm³/mol. The second-order valence-corrected chi connectivity index (χ2v) is 7.48. The summed E-state index contributed by atoms with van der Waals surface area (Å²) in [7, 11) is 0. The third-order valence-electron chi connectivity index (χ3n) is 4.15. The molecule has 1 saturated heterocycles. The molecule has 1 aliphatic heterocycles. The van der Waals surface area contributed by atoms with E-state index in [0.717, 1.165) is 18.8 Å². The van der Waals surface area contributed by atoms with Gasteiger partial charge >= 0.3 is 0 Å². The lowest BCUT2D eigenvalue weighted by Gasteiger charge is -2.55. The van der Waals surface area contributed by atoms with Crippen LogP contribution in [-0.2, 0) is 0 Å². The SMILES string of the molecule is CC(C)CCCN1C(C)(C)CC(N)CC1(C)C. The van der Waals surface area contributed by atoms with Crippen LogP contribution in [0.1, 0.15) is 67.2 Å². The Labute approximate surface area is 108 Å². The first kappa shape index (κ1) is 15.0. The molecule has 0 unspecified atom stereocenters. The van der Waals surface area contributed by atoms with Gasteiger partial charge in [-0.05, 0) is 65.8 Å². The van der Waals surface area contributed by atoms with Crippen LogP contribution in [0.25, 0.3) is 0 Å². The van der Waals surface area contributed by atoms with E-state index in [9.17, 15) is 0 Å². The van der Waals surface area contributed by atoms with Gasteiger partial charge < -0.3 is 5.73 Å². The van der Waals surface area contributed by atoms with Crippen molar-refractivity contribution < 1.29 is 0 Å². The van der Waals surface area contributed by atoms with E-state index in [4.69, 9.17) is 5.73 Å². The van der Waals surface area contributed by atoms with Crippen molar-refractivity contribution in [3.8, 4) is 0 Å². The van der Waals surface area contributed by atoms with E-state index in [1.54, 1.807) is 0 Å². The second kappa shape index (κ2) is 5.27. The Kier molecular flexibility index (Phi) is 4.65. The summed E-state index contributed by atoms with van der Waals surface area (Å²) in [5, 5.41) is 0. The first-order valence-corrected chi connectivity index (χ1v) is 7.18. The quantitative estimate of drug-likeness (QED) is 0.816. The van der Waals surface area contributed by atoms with Gasteiger partial charge in [0.1, 0.15) is 0 Å². The molecule has 17 heavy (non-hydrogen) atoms. The first-order chi connectivity index (χ1) is 7.65. The van der Waals surface area contributed by atoms with E-state index < -0.39 is 0 Å². The summed E-state index contributed by atoms with van der Waals surface area (Å²) in [6.07, 6.45) is 4.88. The average Bonchev–Trinajstić information content (AvgIpc) is 2.06. The van der Waals surface area contributed by atoms with Gasteiger partial charge in [-0.15, -0.1) is 0 Å². The number of piperidine rings is 1. The molecule has 0 amide bonds. The van der Waals surface area contributed by atoms with E-state index in [2.05, 4.69) is 46.4 Å². The Balaban J connectivity index is 2.65. The molecule has 0 aromatic heterocycles. The van der Waals surface area contributed by atoms with E-state index in [-0.39, 0.29) is 11.1 Å². The smallest absolute Gasteiger partial charge is 0.0173 e. The standard InChI is InChI=1S/C15H32N2/c1-12(2)8-7-9-17-14(3,4)10-13(16)11-15(17,5)6/h12-13H,7-11,16H2,1-6H3. The third kappa shape index (κ3) is 3.96. The summed E-state index contributed by atoms with van der Waals surface area (Å²) < 4.78 is 0. The number of likely N-dealkylation sites (tertiary alicyclic amines) is 1. The van der Waals surface area contributed by atoms with Crippen molar-refractivity contribution in [3.63, 3.8) is 0 Å². The van der Waals surface area contributed by atoms with Crippen LogP contribution >= 0.6 is 0 Å². The molecule has 1 heterocycles. The summed E-state index contributed by atoms with van der Waals surface area (Å²) in [4.78, 5) is 2.69. The topological polar surface area (TPSA) is 29.3 Å². The Morgan fingerprint density at radius 3 is 2.00 bits per heavy atom. The zero-order valence-corrected chi connectivity index (χ0v) is 12.7. The maximum Gasteiger partial charge on any atom is 0.0173 e. The van der Waals surface area contributed by atoms with Gasteiger partial charge in [-0.2, -0.15) is 0 Å². The molecule has 0 aromatic rings. The minimum atomic E-state index is 0.248. The minimum Gasteiger partial charge on any atom is -0.328 e. The van der Waals surface area contributed by atoms with Crippen molar-refractivity contribution in [2.45, 2.75) is 84.3 Å². The lowest BCUT2D eigenvalue weighted by molar-refractivity contribution is -0.0359. The van der Waals surface area contributed by atoms with E-state index >= 15 is 0 Å². The molecule has 102 valence electrons. The number of rotatable bonds is 4. The molecule has 1 fully saturated rings. The molecule has 0 bridgehead atoms. The molecule has 2 heteroatoms. The summed E-state index contributed by atoms with van der Waals surface area (Å²) in [5.41, 5.74) is 6.69. The normalized spacial score (nSPS) is 25.4. The first-order valence-electron chi connectivity index (χ1n) is 7.18. The third-order valence-corrected chi connectivity index (χ3v) is 4.15. The Morgan fingerprint density at radius 1 is 1.12 bits per heavy atom. The second-order valence-electron chi connectivity index (χ2n) is 7.48. The molecule has 0 radical (unpaired) electrons. The fourth-order valence-corrected chi connectivity index (χ4v) is 3.66. The number of hydrogen-bond acceptors (Lipinski definition) is 2. The van der Waals surface area contributed by atoms with Crippen LogP contribution in [0.4, 0.5) is 0 Å². The van der Waals surface area contributed by atoms with Crippen molar-refractivity contribution in [3.05, 3.63) is 0 Å². The highest BCUT2D eigenvalue weighted by atomic mass is 15.3. The Hall–Kier alpha value is -0.0800. The van der Waals surface area contributed by atoms with Crippen LogP contribution in [0.3, 0.4) is 0 Å². The monoisotopic (exact) mass is 240 g/mol. The minimum absolute atomic E-state index is 0.248. The molecular weight excluding hydrogens is 208 g/mol. The summed E-state index contributed by atoms with van der Waals surface area (Å²) in [6.45, 7) is 15.2. The maximum absolute atomic E-state index is 6.20. The molecule has 2 N–H and O–H groups in total. The molecule has 0 aromatic carbocycles. The molecule has 0 atom stereocenters. The van der Waals surface area contributed by atoms with Gasteiger partial charge in [-0.3, -0.25) is 4.90 Å². The predicted octanol–water partition coefficient (Wildman–Crippen LogP) is 3.40. The van der Waals surface area contributed by atoms with E-state index in [0.29, 0.717) is 6.04 Å². The highest BCUT2D eigenvalue weighted by molar-refractivity contribution is 5.01. The van der Waals surface area contributed by atoms with Crippen molar-refractivity contribution >= 4 is 0 Å². The van der Waals surface area contributed by atoms with Crippen LogP contribution in [0.15, 0.2) is 0 Å². The molecule has 0 saturated carbocycles. The Morgan fingerprint density at radius 2 is 1.59 bits per heavy atom. The zero-order chi connectivity index (χ0) is 13.3. The molecule has 1 rings (SSSR count). The van der Waals surface area contributed by atoms with Gasteiger partial charge in [0.15, 0.2) is 0 Å². The van der Waals surface area contributed by atoms with Crippen LogP contribution < -0.4 is 5.73 Å². The van der Waals surface area contributed by atoms with E-state index in [1.807, 2.05) is 0 Å². The summed E-state index contributed by atoms with van der Waals surface area (Å²) >= 11 is 0. The van der Waals surface area contributed by atoms with Gasteiger partial charge in [0.25, 0.3) is 0 Å². The highest BCUT2D eigenvalue weighted by Crippen LogP contribution is 2.37. The largest absolute Gasteiger partial charge is 0.328 e. The van der Waals surface area contributed by atoms with Gasteiger partial charge in [-0.1, -0.05) is 13.8 Å². The fraction of sp³-hybridized carbons (Fsp3) is 1.00. The average molecular weight is 240 g/mol.